The molecule has 2 heterocycles. The highest BCUT2D eigenvalue weighted by atomic mass is 15.1. The zero-order chi connectivity index (χ0) is 13.1. The van der Waals surface area contributed by atoms with Crippen LogP contribution in [0.25, 0.3) is 11.2 Å². The van der Waals surface area contributed by atoms with Crippen LogP contribution in [0.5, 0.6) is 0 Å². The van der Waals surface area contributed by atoms with Crippen molar-refractivity contribution in [3.8, 4) is 0 Å². The van der Waals surface area contributed by atoms with Gasteiger partial charge in [-0.3, -0.25) is 0 Å². The number of nitrogens with one attached hydrogen (secondary N) is 2. The molecule has 2 N–H and O–H groups in total. The third-order valence-electron chi connectivity index (χ3n) is 3.52. The van der Waals surface area contributed by atoms with E-state index in [0.717, 1.165) is 48.6 Å². The van der Waals surface area contributed by atoms with Crippen LogP contribution in [0.1, 0.15) is 44.3 Å². The first-order valence-electron chi connectivity index (χ1n) is 6.98. The minimum atomic E-state index is 0.470. The van der Waals surface area contributed by atoms with Gasteiger partial charge in [0.05, 0.1) is 0 Å². The van der Waals surface area contributed by atoms with Crippen LogP contribution in [-0.4, -0.2) is 26.5 Å². The molecular weight excluding hydrogens is 238 g/mol. The maximum atomic E-state index is 4.69. The summed E-state index contributed by atoms with van der Waals surface area (Å²) in [6.45, 7) is 3.10. The van der Waals surface area contributed by atoms with Crippen LogP contribution in [0, 0.1) is 0 Å². The number of aromatic amines is 1. The van der Waals surface area contributed by atoms with Crippen molar-refractivity contribution in [1.82, 2.24) is 19.9 Å². The van der Waals surface area contributed by atoms with Crippen molar-refractivity contribution < 1.29 is 0 Å². The molecule has 1 aliphatic rings. The summed E-state index contributed by atoms with van der Waals surface area (Å²) in [5.41, 5.74) is 1.69. The molecule has 0 saturated carbocycles. The Morgan fingerprint density at radius 3 is 2.95 bits per heavy atom. The number of hydrogen-bond donors (Lipinski definition) is 2. The Bertz CT molecular complexity index is 579. The number of imidazole rings is 1. The first kappa shape index (κ1) is 12.1. The Labute approximate surface area is 112 Å². The minimum Gasteiger partial charge on any atom is -0.368 e. The molecule has 0 spiro atoms. The summed E-state index contributed by atoms with van der Waals surface area (Å²) in [4.78, 5) is 16.6. The molecule has 100 valence electrons. The minimum absolute atomic E-state index is 0.470. The van der Waals surface area contributed by atoms with Crippen molar-refractivity contribution in [2.45, 2.75) is 38.5 Å². The second kappa shape index (κ2) is 5.38. The van der Waals surface area contributed by atoms with Gasteiger partial charge in [-0.25, -0.2) is 15.0 Å². The van der Waals surface area contributed by atoms with E-state index in [0.29, 0.717) is 5.92 Å². The van der Waals surface area contributed by atoms with Crippen molar-refractivity contribution >= 4 is 17.0 Å². The van der Waals surface area contributed by atoms with Gasteiger partial charge in [0.1, 0.15) is 12.2 Å². The normalized spacial score (nSPS) is 15.4. The maximum absolute atomic E-state index is 4.69. The lowest BCUT2D eigenvalue weighted by molar-refractivity contribution is 0.706. The molecule has 3 rings (SSSR count). The molecule has 2 aromatic heterocycles. The predicted octanol–water partition coefficient (Wildman–Crippen LogP) is 3.00. The highest BCUT2D eigenvalue weighted by Gasteiger charge is 2.18. The molecule has 0 aromatic carbocycles. The van der Waals surface area contributed by atoms with Crippen molar-refractivity contribution in [1.29, 1.82) is 0 Å². The molecule has 0 unspecified atom stereocenters. The highest BCUT2D eigenvalue weighted by molar-refractivity contribution is 5.82. The van der Waals surface area contributed by atoms with Gasteiger partial charge in [0.2, 0.25) is 0 Å². The molecule has 0 bridgehead atoms. The largest absolute Gasteiger partial charge is 0.368 e. The summed E-state index contributed by atoms with van der Waals surface area (Å²) in [5.74, 6) is 2.34. The maximum Gasteiger partial charge on any atom is 0.163 e. The monoisotopic (exact) mass is 257 g/mol. The van der Waals surface area contributed by atoms with Gasteiger partial charge in [0.15, 0.2) is 17.0 Å². The summed E-state index contributed by atoms with van der Waals surface area (Å²) >= 11 is 0. The smallest absolute Gasteiger partial charge is 0.163 e. The lowest BCUT2D eigenvalue weighted by Gasteiger charge is -2.04. The molecule has 5 nitrogen and oxygen atoms in total. The zero-order valence-electron chi connectivity index (χ0n) is 11.2. The number of rotatable bonds is 5. The molecule has 2 aromatic rings. The van der Waals surface area contributed by atoms with Crippen LogP contribution >= 0.6 is 0 Å². The second-order valence-corrected chi connectivity index (χ2v) is 4.96. The fraction of sp³-hybridized carbons (Fsp3) is 0.500. The van der Waals surface area contributed by atoms with E-state index in [2.05, 4.69) is 39.3 Å². The summed E-state index contributed by atoms with van der Waals surface area (Å²) in [6, 6.07) is 0. The van der Waals surface area contributed by atoms with Crippen LogP contribution in [0.3, 0.4) is 0 Å². The molecule has 5 heteroatoms. The number of fused-ring (bicyclic) bond motifs is 1. The zero-order valence-corrected chi connectivity index (χ0v) is 11.2. The van der Waals surface area contributed by atoms with Gasteiger partial charge in [0.25, 0.3) is 0 Å². The number of H-pyrrole nitrogens is 1. The van der Waals surface area contributed by atoms with Crippen molar-refractivity contribution in [2.75, 3.05) is 11.9 Å². The van der Waals surface area contributed by atoms with Crippen LogP contribution in [0.4, 0.5) is 5.82 Å². The lowest BCUT2D eigenvalue weighted by atomic mass is 10.1. The topological polar surface area (TPSA) is 66.5 Å². The van der Waals surface area contributed by atoms with Crippen molar-refractivity contribution in [3.63, 3.8) is 0 Å². The number of nitrogens with zero attached hydrogens (tertiary/aromatic N) is 3. The summed E-state index contributed by atoms with van der Waals surface area (Å²) < 4.78 is 0. The molecular formula is C14H19N5. The molecule has 0 saturated heterocycles. The van der Waals surface area contributed by atoms with E-state index in [1.165, 1.54) is 6.42 Å². The fourth-order valence-corrected chi connectivity index (χ4v) is 2.39. The second-order valence-electron chi connectivity index (χ2n) is 4.96. The van der Waals surface area contributed by atoms with E-state index in [9.17, 15) is 0 Å². The third-order valence-corrected chi connectivity index (χ3v) is 3.52. The Balaban J connectivity index is 1.86. The Hall–Kier alpha value is -1.91. The standard InChI is InChI=1S/C14H19N5/c1-2-3-8-15-13-11-14(17-9-16-13)19-12(18-11)10-6-4-5-7-10/h4-5,9-10H,2-3,6-8H2,1H3,(H2,15,16,17,18,19). The van der Waals surface area contributed by atoms with Gasteiger partial charge in [-0.15, -0.1) is 0 Å². The van der Waals surface area contributed by atoms with Gasteiger partial charge < -0.3 is 10.3 Å². The van der Waals surface area contributed by atoms with Crippen molar-refractivity contribution in [2.24, 2.45) is 0 Å². The summed E-state index contributed by atoms with van der Waals surface area (Å²) in [7, 11) is 0. The summed E-state index contributed by atoms with van der Waals surface area (Å²) in [6.07, 6.45) is 10.4. The van der Waals surface area contributed by atoms with Gasteiger partial charge in [-0.05, 0) is 19.3 Å². The van der Waals surface area contributed by atoms with E-state index in [1.54, 1.807) is 6.33 Å². The van der Waals surface area contributed by atoms with Gasteiger partial charge >= 0.3 is 0 Å². The molecule has 1 aliphatic carbocycles. The average molecular weight is 257 g/mol. The summed E-state index contributed by atoms with van der Waals surface area (Å²) in [5, 5.41) is 3.34. The van der Waals surface area contributed by atoms with Crippen LogP contribution in [0.2, 0.25) is 0 Å². The van der Waals surface area contributed by atoms with Crippen molar-refractivity contribution in [3.05, 3.63) is 24.3 Å². The van der Waals surface area contributed by atoms with Crippen LogP contribution in [-0.2, 0) is 0 Å². The predicted molar refractivity (Wildman–Crippen MR) is 76.2 cm³/mol. The van der Waals surface area contributed by atoms with Crippen LogP contribution < -0.4 is 5.32 Å². The molecule has 0 fully saturated rings. The van der Waals surface area contributed by atoms with E-state index in [1.807, 2.05) is 0 Å². The van der Waals surface area contributed by atoms with E-state index in [-0.39, 0.29) is 0 Å². The first-order chi connectivity index (χ1) is 9.38. The number of unbranched alkanes of at least 4 members (excludes halogenated alkanes) is 1. The molecule has 0 aliphatic heterocycles. The number of hydrogen-bond acceptors (Lipinski definition) is 4. The van der Waals surface area contributed by atoms with Gasteiger partial charge in [-0.2, -0.15) is 0 Å². The fourth-order valence-electron chi connectivity index (χ4n) is 2.39. The highest BCUT2D eigenvalue weighted by Crippen LogP contribution is 2.29. The SMILES string of the molecule is CCCCNc1ncnc2[nH]c(C3CC=CC3)nc12. The number of anilines is 1. The first-order valence-corrected chi connectivity index (χ1v) is 6.98. The van der Waals surface area contributed by atoms with Crippen LogP contribution in [0.15, 0.2) is 18.5 Å². The third kappa shape index (κ3) is 2.45. The van der Waals surface area contributed by atoms with Gasteiger partial charge in [-0.1, -0.05) is 25.5 Å². The Morgan fingerprint density at radius 2 is 2.16 bits per heavy atom. The number of allylic oxidation sites excluding steroid dienone is 2. The quantitative estimate of drug-likeness (QED) is 0.638. The molecule has 0 radical (unpaired) electrons. The average Bonchev–Trinajstić information content (AvgIpc) is 3.08. The van der Waals surface area contributed by atoms with E-state index in [4.69, 9.17) is 4.98 Å². The Kier molecular flexibility index (Phi) is 3.44. The lowest BCUT2D eigenvalue weighted by Crippen LogP contribution is -2.03. The number of aromatic nitrogens is 4. The van der Waals surface area contributed by atoms with E-state index >= 15 is 0 Å². The molecule has 0 amide bonds. The molecule has 19 heavy (non-hydrogen) atoms. The van der Waals surface area contributed by atoms with E-state index < -0.39 is 0 Å². The Morgan fingerprint density at radius 1 is 1.32 bits per heavy atom. The molecule has 0 atom stereocenters. The van der Waals surface area contributed by atoms with Gasteiger partial charge in [0, 0.05) is 12.5 Å².